The van der Waals surface area contributed by atoms with E-state index >= 15 is 0 Å². The largest absolute Gasteiger partial charge is 0.384 e. The standard InChI is InChI=1S/C11H6Br2Cl2OS/c12-6-1-5(2-7(13)3-6)10(16)8-4-9(14)17-11(8)15/h1-4,10,16H. The summed E-state index contributed by atoms with van der Waals surface area (Å²) in [5.74, 6) is 0. The maximum absolute atomic E-state index is 10.3. The summed E-state index contributed by atoms with van der Waals surface area (Å²) in [6.45, 7) is 0. The second-order valence-corrected chi connectivity index (χ2v) is 7.50. The normalized spacial score (nSPS) is 12.8. The number of aliphatic hydroxyl groups excluding tert-OH is 1. The van der Waals surface area contributed by atoms with Crippen LogP contribution in [0.3, 0.4) is 0 Å². The highest BCUT2D eigenvalue weighted by atomic mass is 79.9. The van der Waals surface area contributed by atoms with Crippen molar-refractivity contribution in [2.24, 2.45) is 0 Å². The van der Waals surface area contributed by atoms with Gasteiger partial charge in [-0.25, -0.2) is 0 Å². The van der Waals surface area contributed by atoms with Gasteiger partial charge in [0.15, 0.2) is 0 Å². The van der Waals surface area contributed by atoms with Crippen LogP contribution in [-0.2, 0) is 0 Å². The highest BCUT2D eigenvalue weighted by Gasteiger charge is 2.17. The second-order valence-electron chi connectivity index (χ2n) is 3.38. The summed E-state index contributed by atoms with van der Waals surface area (Å²) in [5, 5.41) is 10.3. The van der Waals surface area contributed by atoms with Crippen molar-refractivity contribution >= 4 is 66.4 Å². The maximum atomic E-state index is 10.3. The van der Waals surface area contributed by atoms with Crippen LogP contribution in [-0.4, -0.2) is 5.11 Å². The monoisotopic (exact) mass is 414 g/mol. The minimum Gasteiger partial charge on any atom is -0.384 e. The van der Waals surface area contributed by atoms with E-state index in [2.05, 4.69) is 31.9 Å². The summed E-state index contributed by atoms with van der Waals surface area (Å²) in [5.41, 5.74) is 1.38. The molecule has 6 heteroatoms. The van der Waals surface area contributed by atoms with Crippen molar-refractivity contribution in [3.63, 3.8) is 0 Å². The molecule has 1 aromatic carbocycles. The van der Waals surface area contributed by atoms with E-state index < -0.39 is 6.10 Å². The fraction of sp³-hybridized carbons (Fsp3) is 0.0909. The third-order valence-electron chi connectivity index (χ3n) is 2.18. The maximum Gasteiger partial charge on any atom is 0.106 e. The van der Waals surface area contributed by atoms with Crippen LogP contribution in [0.25, 0.3) is 0 Å². The SMILES string of the molecule is OC(c1cc(Br)cc(Br)c1)c1cc(Cl)sc1Cl. The van der Waals surface area contributed by atoms with Crippen LogP contribution < -0.4 is 0 Å². The fourth-order valence-electron chi connectivity index (χ4n) is 1.45. The van der Waals surface area contributed by atoms with Gasteiger partial charge in [0, 0.05) is 14.5 Å². The van der Waals surface area contributed by atoms with Crippen molar-refractivity contribution in [3.05, 3.63) is 53.0 Å². The Hall–Kier alpha value is 0.420. The lowest BCUT2D eigenvalue weighted by atomic mass is 10.0. The third kappa shape index (κ3) is 3.25. The molecule has 0 radical (unpaired) electrons. The molecule has 2 aromatic rings. The second kappa shape index (κ2) is 5.59. The Morgan fingerprint density at radius 1 is 1.06 bits per heavy atom. The summed E-state index contributed by atoms with van der Waals surface area (Å²) in [7, 11) is 0. The van der Waals surface area contributed by atoms with Gasteiger partial charge < -0.3 is 5.11 Å². The van der Waals surface area contributed by atoms with Gasteiger partial charge in [-0.15, -0.1) is 11.3 Å². The molecule has 0 spiro atoms. The van der Waals surface area contributed by atoms with E-state index in [0.717, 1.165) is 14.5 Å². The van der Waals surface area contributed by atoms with Crippen LogP contribution in [0.5, 0.6) is 0 Å². The van der Waals surface area contributed by atoms with Crippen molar-refractivity contribution < 1.29 is 5.11 Å². The Bertz CT molecular complexity index is 536. The summed E-state index contributed by atoms with van der Waals surface area (Å²) >= 11 is 19.9. The number of hydrogen-bond donors (Lipinski definition) is 1. The van der Waals surface area contributed by atoms with Gasteiger partial charge in [0.1, 0.15) is 10.4 Å². The molecule has 2 rings (SSSR count). The quantitative estimate of drug-likeness (QED) is 0.669. The molecule has 17 heavy (non-hydrogen) atoms. The highest BCUT2D eigenvalue weighted by Crippen LogP contribution is 2.38. The molecule has 0 fully saturated rings. The zero-order valence-corrected chi connectivity index (χ0v) is 13.8. The molecular formula is C11H6Br2Cl2OS. The van der Waals surface area contributed by atoms with Gasteiger partial charge in [0.2, 0.25) is 0 Å². The molecule has 0 amide bonds. The van der Waals surface area contributed by atoms with E-state index in [4.69, 9.17) is 23.2 Å². The molecule has 0 saturated heterocycles. The minimum absolute atomic E-state index is 0.513. The van der Waals surface area contributed by atoms with E-state index in [9.17, 15) is 5.11 Å². The Balaban J connectivity index is 2.43. The first-order valence-electron chi connectivity index (χ1n) is 4.56. The van der Waals surface area contributed by atoms with Gasteiger partial charge >= 0.3 is 0 Å². The summed E-state index contributed by atoms with van der Waals surface area (Å²) in [4.78, 5) is 0. The number of hydrogen-bond acceptors (Lipinski definition) is 2. The molecule has 1 atom stereocenters. The van der Waals surface area contributed by atoms with Crippen LogP contribution >= 0.6 is 66.4 Å². The molecule has 1 aromatic heterocycles. The summed E-state index contributed by atoms with van der Waals surface area (Å²) in [6.07, 6.45) is -0.778. The zero-order chi connectivity index (χ0) is 12.6. The van der Waals surface area contributed by atoms with Crippen molar-refractivity contribution in [2.45, 2.75) is 6.10 Å². The predicted molar refractivity (Wildman–Crippen MR) is 80.2 cm³/mol. The Labute approximate surface area is 130 Å². The fourth-order valence-corrected chi connectivity index (χ4v) is 4.30. The Morgan fingerprint density at radius 3 is 2.12 bits per heavy atom. The summed E-state index contributed by atoms with van der Waals surface area (Å²) < 4.78 is 2.86. The molecule has 0 aliphatic rings. The minimum atomic E-state index is -0.778. The molecule has 0 aliphatic carbocycles. The van der Waals surface area contributed by atoms with Gasteiger partial charge in [-0.2, -0.15) is 0 Å². The lowest BCUT2D eigenvalue weighted by Crippen LogP contribution is -1.98. The lowest BCUT2D eigenvalue weighted by molar-refractivity contribution is 0.221. The van der Waals surface area contributed by atoms with Crippen LogP contribution in [0.4, 0.5) is 0 Å². The van der Waals surface area contributed by atoms with Gasteiger partial charge in [0.05, 0.1) is 4.34 Å². The van der Waals surface area contributed by atoms with Gasteiger partial charge in [0.25, 0.3) is 0 Å². The van der Waals surface area contributed by atoms with Crippen molar-refractivity contribution in [2.75, 3.05) is 0 Å². The number of rotatable bonds is 2. The molecule has 1 N–H and O–H groups in total. The Morgan fingerprint density at radius 2 is 1.65 bits per heavy atom. The molecule has 1 nitrogen and oxygen atoms in total. The van der Waals surface area contributed by atoms with Crippen LogP contribution in [0.15, 0.2) is 33.2 Å². The molecular weight excluding hydrogens is 411 g/mol. The first kappa shape index (κ1) is 13.8. The third-order valence-corrected chi connectivity index (χ3v) is 4.61. The van der Waals surface area contributed by atoms with E-state index in [-0.39, 0.29) is 0 Å². The van der Waals surface area contributed by atoms with E-state index in [0.29, 0.717) is 14.2 Å². The highest BCUT2D eigenvalue weighted by molar-refractivity contribution is 9.11. The van der Waals surface area contributed by atoms with Crippen LogP contribution in [0.2, 0.25) is 8.67 Å². The van der Waals surface area contributed by atoms with Crippen LogP contribution in [0.1, 0.15) is 17.2 Å². The van der Waals surface area contributed by atoms with Crippen molar-refractivity contribution in [1.29, 1.82) is 0 Å². The molecule has 0 bridgehead atoms. The smallest absolute Gasteiger partial charge is 0.106 e. The number of benzene rings is 1. The molecule has 0 saturated carbocycles. The van der Waals surface area contributed by atoms with Crippen LogP contribution in [0, 0.1) is 0 Å². The zero-order valence-electron chi connectivity index (χ0n) is 8.25. The first-order valence-corrected chi connectivity index (χ1v) is 7.72. The average molecular weight is 417 g/mol. The number of aliphatic hydroxyl groups is 1. The average Bonchev–Trinajstić information content (AvgIpc) is 2.55. The van der Waals surface area contributed by atoms with E-state index in [1.54, 1.807) is 6.07 Å². The van der Waals surface area contributed by atoms with Gasteiger partial charge in [-0.05, 0) is 29.8 Å². The van der Waals surface area contributed by atoms with Crippen molar-refractivity contribution in [1.82, 2.24) is 0 Å². The topological polar surface area (TPSA) is 20.2 Å². The molecule has 1 heterocycles. The van der Waals surface area contributed by atoms with Gasteiger partial charge in [-0.1, -0.05) is 55.1 Å². The van der Waals surface area contributed by atoms with E-state index in [1.165, 1.54) is 11.3 Å². The molecule has 0 aliphatic heterocycles. The molecule has 1 unspecified atom stereocenters. The summed E-state index contributed by atoms with van der Waals surface area (Å²) in [6, 6.07) is 7.28. The first-order chi connectivity index (χ1) is 7.97. The Kier molecular flexibility index (Phi) is 4.55. The predicted octanol–water partition coefficient (Wildman–Crippen LogP) is 5.66. The number of thiophene rings is 1. The van der Waals surface area contributed by atoms with E-state index in [1.807, 2.05) is 18.2 Å². The lowest BCUT2D eigenvalue weighted by Gasteiger charge is -2.11. The number of halogens is 4. The molecule has 90 valence electrons. The van der Waals surface area contributed by atoms with Gasteiger partial charge in [-0.3, -0.25) is 0 Å². The van der Waals surface area contributed by atoms with Crippen molar-refractivity contribution in [3.8, 4) is 0 Å².